The summed E-state index contributed by atoms with van der Waals surface area (Å²) in [6.45, 7) is 0.746. The molecule has 3 nitrogen and oxygen atoms in total. The summed E-state index contributed by atoms with van der Waals surface area (Å²) in [6.07, 6.45) is 0. The third kappa shape index (κ3) is 1.26. The number of hydrogen-bond acceptors (Lipinski definition) is 3. The lowest BCUT2D eigenvalue weighted by atomic mass is 10.1. The molecule has 0 aromatic heterocycles. The Labute approximate surface area is 64.7 Å². The fraction of sp³-hybridized carbons (Fsp3) is 0.250. The van der Waals surface area contributed by atoms with Gasteiger partial charge in [-0.3, -0.25) is 5.23 Å². The Bertz CT molecular complexity index is 262. The molecular weight excluding hydrogens is 142 g/mol. The zero-order valence-corrected chi connectivity index (χ0v) is 5.99. The van der Waals surface area contributed by atoms with Crippen LogP contribution in [0.3, 0.4) is 0 Å². The maximum atomic E-state index is 10.7. The Balaban J connectivity index is 2.34. The van der Waals surface area contributed by atoms with Crippen molar-refractivity contribution in [2.45, 2.75) is 13.2 Å². The molecule has 58 valence electrons. The van der Waals surface area contributed by atoms with Gasteiger partial charge in [-0.1, -0.05) is 24.3 Å². The quantitative estimate of drug-likeness (QED) is 0.561. The van der Waals surface area contributed by atoms with Crippen molar-refractivity contribution in [2.24, 2.45) is 0 Å². The smallest absolute Gasteiger partial charge is 0.0927 e. The normalized spacial score (nSPS) is 17.9. The second-order valence-electron chi connectivity index (χ2n) is 2.53. The van der Waals surface area contributed by atoms with Gasteiger partial charge in [0.1, 0.15) is 0 Å². The van der Waals surface area contributed by atoms with Crippen molar-refractivity contribution >= 4 is 0 Å². The summed E-state index contributed by atoms with van der Waals surface area (Å²) >= 11 is 0. The van der Waals surface area contributed by atoms with Gasteiger partial charge in [-0.15, -0.1) is 0 Å². The van der Waals surface area contributed by atoms with Gasteiger partial charge in [0.15, 0.2) is 0 Å². The molecule has 3 heteroatoms. The van der Waals surface area contributed by atoms with E-state index in [1.54, 1.807) is 0 Å². The Hall–Kier alpha value is -0.900. The van der Waals surface area contributed by atoms with Gasteiger partial charge in [0, 0.05) is 6.54 Å². The molecule has 1 aromatic rings. The van der Waals surface area contributed by atoms with Gasteiger partial charge >= 0.3 is 0 Å². The van der Waals surface area contributed by atoms with Crippen molar-refractivity contribution < 1.29 is 4.84 Å². The van der Waals surface area contributed by atoms with E-state index in [1.165, 1.54) is 0 Å². The van der Waals surface area contributed by atoms with E-state index in [9.17, 15) is 5.21 Å². The number of fused-ring (bicyclic) bond motifs is 1. The molecule has 1 heterocycles. The first kappa shape index (κ1) is 6.79. The van der Waals surface area contributed by atoms with E-state index < -0.39 is 0 Å². The number of nitrogens with zero attached hydrogens (tertiary/aromatic N) is 1. The van der Waals surface area contributed by atoms with Gasteiger partial charge in [0.2, 0.25) is 0 Å². The molecule has 2 rings (SSSR count). The third-order valence-corrected chi connectivity index (χ3v) is 1.78. The topological polar surface area (TPSA) is 35.5 Å². The number of hydrogen-bond donors (Lipinski definition) is 0. The average Bonchev–Trinajstić information content (AvgIpc) is 2.04. The molecule has 1 aromatic carbocycles. The van der Waals surface area contributed by atoms with Crippen LogP contribution in [0.15, 0.2) is 24.3 Å². The van der Waals surface area contributed by atoms with Crippen LogP contribution in [0.5, 0.6) is 0 Å². The van der Waals surface area contributed by atoms with E-state index >= 15 is 0 Å². The lowest BCUT2D eigenvalue weighted by molar-refractivity contribution is -0.149. The van der Waals surface area contributed by atoms with Crippen molar-refractivity contribution in [1.82, 2.24) is 5.23 Å². The molecule has 0 atom stereocenters. The summed E-state index contributed by atoms with van der Waals surface area (Å²) in [5, 5.41) is 11.3. The second kappa shape index (κ2) is 2.62. The van der Waals surface area contributed by atoms with Crippen LogP contribution >= 0.6 is 0 Å². The van der Waals surface area contributed by atoms with Gasteiger partial charge in [-0.25, -0.2) is 0 Å². The van der Waals surface area contributed by atoms with Crippen LogP contribution in [0.4, 0.5) is 0 Å². The average molecular weight is 150 g/mol. The van der Waals surface area contributed by atoms with Crippen LogP contribution in [0.2, 0.25) is 0 Å². The Kier molecular flexibility index (Phi) is 1.62. The fourth-order valence-corrected chi connectivity index (χ4v) is 1.18. The van der Waals surface area contributed by atoms with E-state index in [2.05, 4.69) is 0 Å². The Morgan fingerprint density at radius 1 is 1.27 bits per heavy atom. The van der Waals surface area contributed by atoms with Gasteiger partial charge in [0.25, 0.3) is 0 Å². The van der Waals surface area contributed by atoms with Gasteiger partial charge in [0.05, 0.1) is 6.61 Å². The molecule has 11 heavy (non-hydrogen) atoms. The fourth-order valence-electron chi connectivity index (χ4n) is 1.18. The molecule has 0 saturated heterocycles. The Morgan fingerprint density at radius 3 is 2.82 bits per heavy atom. The third-order valence-electron chi connectivity index (χ3n) is 1.78. The molecule has 0 N–H and O–H groups in total. The summed E-state index contributed by atoms with van der Waals surface area (Å²) in [4.78, 5) is 4.78. The highest BCUT2D eigenvalue weighted by atomic mass is 16.9. The summed E-state index contributed by atoms with van der Waals surface area (Å²) in [6, 6.07) is 7.80. The van der Waals surface area contributed by atoms with E-state index in [1.807, 2.05) is 24.3 Å². The summed E-state index contributed by atoms with van der Waals surface area (Å²) in [5.41, 5.74) is 2.17. The molecule has 1 aliphatic rings. The second-order valence-corrected chi connectivity index (χ2v) is 2.53. The number of hydroxylamine groups is 2. The molecule has 0 unspecified atom stereocenters. The molecule has 0 fully saturated rings. The highest BCUT2D eigenvalue weighted by molar-refractivity contribution is 5.27. The highest BCUT2D eigenvalue weighted by Gasteiger charge is 2.08. The van der Waals surface area contributed by atoms with Gasteiger partial charge in [-0.05, 0) is 11.1 Å². The molecule has 0 saturated carbocycles. The van der Waals surface area contributed by atoms with Crippen molar-refractivity contribution in [3.05, 3.63) is 40.6 Å². The van der Waals surface area contributed by atoms with Crippen molar-refractivity contribution in [2.75, 3.05) is 0 Å². The van der Waals surface area contributed by atoms with Crippen LogP contribution < -0.4 is 0 Å². The summed E-state index contributed by atoms with van der Waals surface area (Å²) in [7, 11) is 0. The van der Waals surface area contributed by atoms with Crippen LogP contribution in [-0.4, -0.2) is 5.23 Å². The van der Waals surface area contributed by atoms with Gasteiger partial charge in [-0.2, -0.15) is 0 Å². The zero-order valence-electron chi connectivity index (χ0n) is 5.99. The molecular formula is C8H8NO2-. The van der Waals surface area contributed by atoms with Crippen molar-refractivity contribution in [3.63, 3.8) is 0 Å². The maximum absolute atomic E-state index is 10.7. The van der Waals surface area contributed by atoms with Crippen LogP contribution in [0, 0.1) is 5.21 Å². The van der Waals surface area contributed by atoms with Crippen molar-refractivity contribution in [1.29, 1.82) is 0 Å². The van der Waals surface area contributed by atoms with E-state index in [0.29, 0.717) is 18.4 Å². The standard InChI is InChI=1S/C8H8NO2/c10-9-5-7-3-1-2-4-8(7)6-11-9/h1-4H,5-6H2/q-1. The minimum Gasteiger partial charge on any atom is -0.762 e. The minimum absolute atomic E-state index is 0.343. The summed E-state index contributed by atoms with van der Waals surface area (Å²) in [5.74, 6) is 0. The number of rotatable bonds is 0. The van der Waals surface area contributed by atoms with Crippen LogP contribution in [0.25, 0.3) is 0 Å². The molecule has 0 spiro atoms. The lowest BCUT2D eigenvalue weighted by Gasteiger charge is -2.32. The largest absolute Gasteiger partial charge is 0.762 e. The first-order valence-electron chi connectivity index (χ1n) is 3.50. The van der Waals surface area contributed by atoms with Crippen LogP contribution in [0.1, 0.15) is 11.1 Å². The molecule has 0 amide bonds. The number of benzene rings is 1. The van der Waals surface area contributed by atoms with Crippen LogP contribution in [-0.2, 0) is 18.0 Å². The first-order valence-corrected chi connectivity index (χ1v) is 3.50. The van der Waals surface area contributed by atoms with Gasteiger partial charge < -0.3 is 10.0 Å². The predicted molar refractivity (Wildman–Crippen MR) is 40.1 cm³/mol. The summed E-state index contributed by atoms with van der Waals surface area (Å²) < 4.78 is 0. The molecule has 1 aliphatic heterocycles. The maximum Gasteiger partial charge on any atom is 0.0927 e. The molecule has 0 aliphatic carbocycles. The highest BCUT2D eigenvalue weighted by Crippen LogP contribution is 2.17. The molecule has 0 radical (unpaired) electrons. The van der Waals surface area contributed by atoms with E-state index in [0.717, 1.165) is 11.1 Å². The Morgan fingerprint density at radius 2 is 2.00 bits per heavy atom. The van der Waals surface area contributed by atoms with E-state index in [4.69, 9.17) is 4.84 Å². The first-order chi connectivity index (χ1) is 5.36. The van der Waals surface area contributed by atoms with Crippen molar-refractivity contribution in [3.8, 4) is 0 Å². The zero-order chi connectivity index (χ0) is 7.68. The molecule has 0 bridgehead atoms. The minimum atomic E-state index is 0.343. The predicted octanol–water partition coefficient (Wildman–Crippen LogP) is 1.43. The lowest BCUT2D eigenvalue weighted by Crippen LogP contribution is -2.22. The SMILES string of the molecule is [O-]N1Cc2ccccc2CO1. The monoisotopic (exact) mass is 150 g/mol. The van der Waals surface area contributed by atoms with E-state index in [-0.39, 0.29) is 0 Å².